The second kappa shape index (κ2) is 6.01. The summed E-state index contributed by atoms with van der Waals surface area (Å²) in [5.74, 6) is -0.0689. The first-order valence-corrected chi connectivity index (χ1v) is 6.59. The minimum absolute atomic E-state index is 0.0147. The lowest BCUT2D eigenvalue weighted by Gasteiger charge is -2.27. The van der Waals surface area contributed by atoms with Crippen molar-refractivity contribution in [2.24, 2.45) is 5.73 Å². The molecule has 0 aliphatic carbocycles. The zero-order valence-electron chi connectivity index (χ0n) is 11.8. The standard InChI is InChI=1S/C15H24N2O/c1-5-15(16,6-2)14(18)17-12(4)13-9-7-11(3)8-10-13/h7-10,12H,5-6,16H2,1-4H3,(H,17,18)/t12-/m0/s1. The SMILES string of the molecule is CCC(N)(CC)C(=O)N[C@@H](C)c1ccc(C)cc1. The first kappa shape index (κ1) is 14.7. The largest absolute Gasteiger partial charge is 0.348 e. The van der Waals surface area contributed by atoms with E-state index in [2.05, 4.69) is 5.32 Å². The van der Waals surface area contributed by atoms with Gasteiger partial charge in [-0.3, -0.25) is 4.79 Å². The molecule has 0 heterocycles. The van der Waals surface area contributed by atoms with Crippen LogP contribution in [0.15, 0.2) is 24.3 Å². The number of rotatable bonds is 5. The molecule has 0 aromatic heterocycles. The monoisotopic (exact) mass is 248 g/mol. The van der Waals surface area contributed by atoms with Gasteiger partial charge in [-0.2, -0.15) is 0 Å². The first-order valence-electron chi connectivity index (χ1n) is 6.59. The van der Waals surface area contributed by atoms with Gasteiger partial charge in [-0.25, -0.2) is 0 Å². The molecule has 0 aliphatic rings. The summed E-state index contributed by atoms with van der Waals surface area (Å²) >= 11 is 0. The van der Waals surface area contributed by atoms with E-state index in [0.29, 0.717) is 12.8 Å². The molecule has 1 atom stereocenters. The second-order valence-corrected chi connectivity index (χ2v) is 4.97. The van der Waals surface area contributed by atoms with E-state index in [1.807, 2.05) is 52.0 Å². The smallest absolute Gasteiger partial charge is 0.240 e. The Balaban J connectivity index is 2.73. The summed E-state index contributed by atoms with van der Waals surface area (Å²) in [6.45, 7) is 7.92. The van der Waals surface area contributed by atoms with Crippen LogP contribution in [-0.2, 0) is 4.79 Å². The highest BCUT2D eigenvalue weighted by molar-refractivity contribution is 5.86. The van der Waals surface area contributed by atoms with Crippen molar-refractivity contribution in [2.75, 3.05) is 0 Å². The maximum Gasteiger partial charge on any atom is 0.240 e. The average Bonchev–Trinajstić information content (AvgIpc) is 2.38. The van der Waals surface area contributed by atoms with E-state index >= 15 is 0 Å². The Morgan fingerprint density at radius 3 is 2.22 bits per heavy atom. The minimum Gasteiger partial charge on any atom is -0.348 e. The van der Waals surface area contributed by atoms with Crippen molar-refractivity contribution < 1.29 is 4.79 Å². The van der Waals surface area contributed by atoms with Crippen molar-refractivity contribution in [3.63, 3.8) is 0 Å². The van der Waals surface area contributed by atoms with Crippen LogP contribution >= 0.6 is 0 Å². The highest BCUT2D eigenvalue weighted by atomic mass is 16.2. The molecule has 0 radical (unpaired) electrons. The maximum atomic E-state index is 12.1. The van der Waals surface area contributed by atoms with Crippen molar-refractivity contribution in [3.8, 4) is 0 Å². The van der Waals surface area contributed by atoms with E-state index in [9.17, 15) is 4.79 Å². The summed E-state index contributed by atoms with van der Waals surface area (Å²) in [6, 6.07) is 8.16. The van der Waals surface area contributed by atoms with E-state index in [1.54, 1.807) is 0 Å². The Hall–Kier alpha value is -1.35. The molecular weight excluding hydrogens is 224 g/mol. The van der Waals surface area contributed by atoms with Crippen molar-refractivity contribution in [1.82, 2.24) is 5.32 Å². The zero-order chi connectivity index (χ0) is 13.8. The molecule has 0 unspecified atom stereocenters. The van der Waals surface area contributed by atoms with E-state index in [0.717, 1.165) is 5.56 Å². The molecule has 1 rings (SSSR count). The highest BCUT2D eigenvalue weighted by Gasteiger charge is 2.30. The number of aryl methyl sites for hydroxylation is 1. The van der Waals surface area contributed by atoms with E-state index in [1.165, 1.54) is 5.56 Å². The highest BCUT2D eigenvalue weighted by Crippen LogP contribution is 2.17. The molecule has 100 valence electrons. The van der Waals surface area contributed by atoms with E-state index in [4.69, 9.17) is 5.73 Å². The average molecular weight is 248 g/mol. The van der Waals surface area contributed by atoms with Crippen LogP contribution in [-0.4, -0.2) is 11.4 Å². The van der Waals surface area contributed by atoms with Gasteiger partial charge in [-0.1, -0.05) is 43.7 Å². The fourth-order valence-electron chi connectivity index (χ4n) is 1.85. The Kier molecular flexibility index (Phi) is 4.91. The number of hydrogen-bond acceptors (Lipinski definition) is 2. The van der Waals surface area contributed by atoms with Gasteiger partial charge in [0.2, 0.25) is 5.91 Å². The van der Waals surface area contributed by atoms with Gasteiger partial charge < -0.3 is 11.1 Å². The molecule has 3 nitrogen and oxygen atoms in total. The fourth-order valence-corrected chi connectivity index (χ4v) is 1.85. The fraction of sp³-hybridized carbons (Fsp3) is 0.533. The summed E-state index contributed by atoms with van der Waals surface area (Å²) in [4.78, 5) is 12.1. The third kappa shape index (κ3) is 3.33. The summed E-state index contributed by atoms with van der Waals surface area (Å²) in [5.41, 5.74) is 7.64. The molecule has 0 spiro atoms. The molecule has 0 saturated carbocycles. The molecule has 1 amide bonds. The Morgan fingerprint density at radius 2 is 1.78 bits per heavy atom. The van der Waals surface area contributed by atoms with Crippen LogP contribution in [0.4, 0.5) is 0 Å². The predicted octanol–water partition coefficient (Wildman–Crippen LogP) is 2.69. The maximum absolute atomic E-state index is 12.1. The van der Waals surface area contributed by atoms with Crippen molar-refractivity contribution in [3.05, 3.63) is 35.4 Å². The van der Waals surface area contributed by atoms with Gasteiger partial charge in [0, 0.05) is 0 Å². The van der Waals surface area contributed by atoms with Crippen LogP contribution in [0.25, 0.3) is 0 Å². The van der Waals surface area contributed by atoms with Crippen molar-refractivity contribution >= 4 is 5.91 Å². The van der Waals surface area contributed by atoms with Crippen LogP contribution in [0, 0.1) is 6.92 Å². The van der Waals surface area contributed by atoms with Crippen LogP contribution in [0.3, 0.4) is 0 Å². The van der Waals surface area contributed by atoms with Crippen LogP contribution in [0.5, 0.6) is 0 Å². The first-order chi connectivity index (χ1) is 8.42. The third-order valence-corrected chi connectivity index (χ3v) is 3.64. The van der Waals surface area contributed by atoms with Crippen LogP contribution in [0.2, 0.25) is 0 Å². The number of amides is 1. The lowest BCUT2D eigenvalue weighted by Crippen LogP contribution is -2.53. The van der Waals surface area contributed by atoms with Gasteiger partial charge in [0.25, 0.3) is 0 Å². The second-order valence-electron chi connectivity index (χ2n) is 4.97. The van der Waals surface area contributed by atoms with Gasteiger partial charge in [0.1, 0.15) is 0 Å². The summed E-state index contributed by atoms with van der Waals surface area (Å²) in [6.07, 6.45) is 1.30. The summed E-state index contributed by atoms with van der Waals surface area (Å²) in [5, 5.41) is 2.99. The number of nitrogens with one attached hydrogen (secondary N) is 1. The number of carbonyl (C=O) groups excluding carboxylic acids is 1. The van der Waals surface area contributed by atoms with Crippen molar-refractivity contribution in [1.29, 1.82) is 0 Å². The topological polar surface area (TPSA) is 55.1 Å². The minimum atomic E-state index is -0.751. The molecule has 0 aliphatic heterocycles. The van der Waals surface area contributed by atoms with Gasteiger partial charge in [0.05, 0.1) is 11.6 Å². The number of carbonyl (C=O) groups is 1. The Bertz CT molecular complexity index is 393. The molecule has 1 aromatic carbocycles. The zero-order valence-corrected chi connectivity index (χ0v) is 11.8. The molecule has 3 N–H and O–H groups in total. The molecule has 3 heteroatoms. The van der Waals surface area contributed by atoms with Crippen LogP contribution in [0.1, 0.15) is 50.8 Å². The number of benzene rings is 1. The third-order valence-electron chi connectivity index (χ3n) is 3.64. The van der Waals surface area contributed by atoms with Crippen molar-refractivity contribution in [2.45, 2.75) is 52.1 Å². The Morgan fingerprint density at radius 1 is 1.28 bits per heavy atom. The molecule has 0 saturated heterocycles. The lowest BCUT2D eigenvalue weighted by atomic mass is 9.92. The van der Waals surface area contributed by atoms with E-state index < -0.39 is 5.54 Å². The predicted molar refractivity (Wildman–Crippen MR) is 75.2 cm³/mol. The Labute approximate surface area is 110 Å². The summed E-state index contributed by atoms with van der Waals surface area (Å²) < 4.78 is 0. The molecule has 0 bridgehead atoms. The van der Waals surface area contributed by atoms with Gasteiger partial charge in [-0.05, 0) is 32.3 Å². The van der Waals surface area contributed by atoms with Gasteiger partial charge in [-0.15, -0.1) is 0 Å². The quantitative estimate of drug-likeness (QED) is 0.841. The molecule has 0 fully saturated rings. The number of nitrogens with two attached hydrogens (primary N) is 1. The van der Waals surface area contributed by atoms with Gasteiger partial charge in [0.15, 0.2) is 0 Å². The van der Waals surface area contributed by atoms with Crippen LogP contribution < -0.4 is 11.1 Å². The van der Waals surface area contributed by atoms with Gasteiger partial charge >= 0.3 is 0 Å². The summed E-state index contributed by atoms with van der Waals surface area (Å²) in [7, 11) is 0. The molecular formula is C15H24N2O. The molecule has 1 aromatic rings. The van der Waals surface area contributed by atoms with E-state index in [-0.39, 0.29) is 11.9 Å². The molecule has 18 heavy (non-hydrogen) atoms. The number of hydrogen-bond donors (Lipinski definition) is 2. The lowest BCUT2D eigenvalue weighted by molar-refractivity contribution is -0.127. The normalized spacial score (nSPS) is 13.2.